The molecule has 0 saturated carbocycles. The highest BCUT2D eigenvalue weighted by molar-refractivity contribution is 8.00. The second-order valence-corrected chi connectivity index (χ2v) is 6.10. The van der Waals surface area contributed by atoms with Gasteiger partial charge in [-0.3, -0.25) is 10.1 Å². The number of allylic oxidation sites excluding steroid dienone is 2. The summed E-state index contributed by atoms with van der Waals surface area (Å²) in [5.74, 6) is -0.0188. The van der Waals surface area contributed by atoms with Gasteiger partial charge in [-0.25, -0.2) is 4.79 Å². The number of carbonyl (C=O) groups is 1. The van der Waals surface area contributed by atoms with Crippen LogP contribution in [0.5, 0.6) is 0 Å². The van der Waals surface area contributed by atoms with Gasteiger partial charge in [-0.15, -0.1) is 11.8 Å². The molecule has 0 N–H and O–H groups in total. The Labute approximate surface area is 130 Å². The highest BCUT2D eigenvalue weighted by Crippen LogP contribution is 2.40. The molecule has 22 heavy (non-hydrogen) atoms. The van der Waals surface area contributed by atoms with E-state index in [1.54, 1.807) is 18.2 Å². The highest BCUT2D eigenvalue weighted by atomic mass is 32.2. The van der Waals surface area contributed by atoms with Crippen molar-refractivity contribution in [3.8, 4) is 0 Å². The lowest BCUT2D eigenvalue weighted by Crippen LogP contribution is -2.16. The van der Waals surface area contributed by atoms with Crippen molar-refractivity contribution in [2.45, 2.75) is 23.2 Å². The first kappa shape index (κ1) is 14.6. The van der Waals surface area contributed by atoms with Gasteiger partial charge in [0.05, 0.1) is 22.8 Å². The molecule has 0 radical (unpaired) electrons. The Morgan fingerprint density at radius 2 is 2.32 bits per heavy atom. The summed E-state index contributed by atoms with van der Waals surface area (Å²) in [6.45, 7) is 0.199. The summed E-state index contributed by atoms with van der Waals surface area (Å²) >= 11 is 1.52. The van der Waals surface area contributed by atoms with E-state index in [0.717, 1.165) is 10.5 Å². The number of esters is 1. The van der Waals surface area contributed by atoms with Crippen molar-refractivity contribution in [1.29, 1.82) is 0 Å². The first-order valence-electron chi connectivity index (χ1n) is 6.66. The first-order valence-corrected chi connectivity index (χ1v) is 7.54. The second kappa shape index (κ2) is 5.84. The number of hydrogen-bond donors (Lipinski definition) is 0. The Balaban J connectivity index is 1.97. The second-order valence-electron chi connectivity index (χ2n) is 4.85. The number of benzene rings is 1. The number of fused-ring (bicyclic) bond motifs is 2. The molecule has 114 valence electrons. The lowest BCUT2D eigenvalue weighted by molar-refractivity contribution is -0.422. The van der Waals surface area contributed by atoms with Crippen LogP contribution in [0.15, 0.2) is 46.7 Å². The maximum atomic E-state index is 11.6. The molecule has 0 aromatic heterocycles. The summed E-state index contributed by atoms with van der Waals surface area (Å²) in [4.78, 5) is 23.3. The summed E-state index contributed by atoms with van der Waals surface area (Å²) in [5, 5.41) is 11.0. The fraction of sp³-hybridized carbons (Fsp3) is 0.267. The molecule has 6 nitrogen and oxygen atoms in total. The third kappa shape index (κ3) is 2.59. The highest BCUT2D eigenvalue weighted by Gasteiger charge is 2.32. The van der Waals surface area contributed by atoms with Crippen LogP contribution in [0.1, 0.15) is 22.3 Å². The van der Waals surface area contributed by atoms with Crippen LogP contribution in [0.2, 0.25) is 0 Å². The van der Waals surface area contributed by atoms with Crippen LogP contribution in [-0.4, -0.2) is 23.3 Å². The minimum absolute atomic E-state index is 0.00440. The molecule has 1 atom stereocenters. The molecule has 1 heterocycles. The summed E-state index contributed by atoms with van der Waals surface area (Å²) in [5.41, 5.74) is 1.28. The van der Waals surface area contributed by atoms with Crippen molar-refractivity contribution < 1.29 is 19.2 Å². The smallest absolute Gasteiger partial charge is 0.337 e. The average molecular weight is 319 g/mol. The van der Waals surface area contributed by atoms with Gasteiger partial charge in [-0.2, -0.15) is 0 Å². The van der Waals surface area contributed by atoms with Gasteiger partial charge in [0.15, 0.2) is 5.76 Å². The Kier molecular flexibility index (Phi) is 3.89. The molecule has 1 unspecified atom stereocenters. The van der Waals surface area contributed by atoms with Crippen molar-refractivity contribution in [3.05, 3.63) is 63.0 Å². The molecular weight excluding hydrogens is 306 g/mol. The van der Waals surface area contributed by atoms with Crippen molar-refractivity contribution in [2.24, 2.45) is 0 Å². The summed E-state index contributed by atoms with van der Waals surface area (Å²) < 4.78 is 10.4. The molecule has 0 fully saturated rings. The Hall–Kier alpha value is -2.28. The zero-order valence-electron chi connectivity index (χ0n) is 11.8. The lowest BCUT2D eigenvalue weighted by Gasteiger charge is -2.17. The van der Waals surface area contributed by atoms with E-state index in [9.17, 15) is 14.9 Å². The number of nitrogens with zero attached hydrogens (tertiary/aromatic N) is 1. The quantitative estimate of drug-likeness (QED) is 0.474. The minimum atomic E-state index is -0.422. The van der Waals surface area contributed by atoms with E-state index >= 15 is 0 Å². The van der Waals surface area contributed by atoms with Crippen molar-refractivity contribution in [3.63, 3.8) is 0 Å². The van der Waals surface area contributed by atoms with Crippen molar-refractivity contribution >= 4 is 17.7 Å². The van der Waals surface area contributed by atoms with Crippen LogP contribution < -0.4 is 0 Å². The van der Waals surface area contributed by atoms with E-state index in [1.165, 1.54) is 24.9 Å². The molecule has 0 saturated heterocycles. The van der Waals surface area contributed by atoms with Gasteiger partial charge >= 0.3 is 11.7 Å². The first-order chi connectivity index (χ1) is 10.6. The monoisotopic (exact) mass is 319 g/mol. The molecule has 1 aliphatic carbocycles. The molecule has 0 spiro atoms. The molecule has 1 aliphatic heterocycles. The molecule has 0 bridgehead atoms. The molecule has 1 aromatic carbocycles. The fourth-order valence-corrected chi connectivity index (χ4v) is 3.66. The van der Waals surface area contributed by atoms with Crippen LogP contribution in [-0.2, 0) is 16.1 Å². The van der Waals surface area contributed by atoms with E-state index in [2.05, 4.69) is 0 Å². The summed E-state index contributed by atoms with van der Waals surface area (Å²) in [6, 6.07) is 5.24. The third-order valence-electron chi connectivity index (χ3n) is 3.50. The Bertz CT molecular complexity index is 710. The number of methoxy groups -OCH3 is 1. The topological polar surface area (TPSA) is 78.7 Å². The lowest BCUT2D eigenvalue weighted by atomic mass is 10.1. The van der Waals surface area contributed by atoms with Crippen LogP contribution in [0, 0.1) is 10.1 Å². The van der Waals surface area contributed by atoms with E-state index in [4.69, 9.17) is 9.47 Å². The zero-order chi connectivity index (χ0) is 15.7. The maximum Gasteiger partial charge on any atom is 0.337 e. The predicted octanol–water partition coefficient (Wildman–Crippen LogP) is 2.91. The van der Waals surface area contributed by atoms with Gasteiger partial charge in [0, 0.05) is 16.5 Å². The summed E-state index contributed by atoms with van der Waals surface area (Å²) in [7, 11) is 1.33. The van der Waals surface area contributed by atoms with E-state index in [-0.39, 0.29) is 17.6 Å². The van der Waals surface area contributed by atoms with Crippen LogP contribution >= 0.6 is 11.8 Å². The number of carbonyl (C=O) groups excluding carboxylic acids is 1. The van der Waals surface area contributed by atoms with Crippen molar-refractivity contribution in [2.75, 3.05) is 7.11 Å². The van der Waals surface area contributed by atoms with Gasteiger partial charge in [0.1, 0.15) is 6.61 Å². The molecule has 1 aromatic rings. The molecule has 2 aliphatic rings. The molecular formula is C15H13NO5S. The summed E-state index contributed by atoms with van der Waals surface area (Å²) in [6.07, 6.45) is 3.95. The van der Waals surface area contributed by atoms with Gasteiger partial charge in [0.2, 0.25) is 0 Å². The number of hydrogen-bond acceptors (Lipinski definition) is 6. The minimum Gasteiger partial charge on any atom is -0.485 e. The standard InChI is InChI=1S/C15H13NO5S/c1-20-15(17)9-5-6-12-10(7-9)8-21-14-11(16(18)19)3-2-4-13(14)22-12/h2-3,5-7,13H,4,8H2,1H3. The number of thioether (sulfide) groups is 1. The maximum absolute atomic E-state index is 11.6. The number of nitro groups is 1. The SMILES string of the molecule is COC(=O)c1ccc2c(c1)COC1=C([N+](=O)[O-])C=CCC1S2. The molecule has 3 rings (SSSR count). The van der Waals surface area contributed by atoms with Gasteiger partial charge in [-0.1, -0.05) is 6.08 Å². The van der Waals surface area contributed by atoms with Gasteiger partial charge < -0.3 is 9.47 Å². The zero-order valence-corrected chi connectivity index (χ0v) is 12.6. The van der Waals surface area contributed by atoms with Crippen LogP contribution in [0.25, 0.3) is 0 Å². The Morgan fingerprint density at radius 1 is 1.50 bits per heavy atom. The molecule has 0 amide bonds. The predicted molar refractivity (Wildman–Crippen MR) is 80.0 cm³/mol. The van der Waals surface area contributed by atoms with Crippen LogP contribution in [0.3, 0.4) is 0 Å². The van der Waals surface area contributed by atoms with E-state index < -0.39 is 10.9 Å². The van der Waals surface area contributed by atoms with Gasteiger partial charge in [-0.05, 0) is 24.6 Å². The molecule has 7 heteroatoms. The average Bonchev–Trinajstić information content (AvgIpc) is 2.71. The van der Waals surface area contributed by atoms with Gasteiger partial charge in [0.25, 0.3) is 0 Å². The largest absolute Gasteiger partial charge is 0.485 e. The third-order valence-corrected chi connectivity index (χ3v) is 4.84. The Morgan fingerprint density at radius 3 is 3.05 bits per heavy atom. The van der Waals surface area contributed by atoms with E-state index in [0.29, 0.717) is 17.7 Å². The number of ether oxygens (including phenoxy) is 2. The fourth-order valence-electron chi connectivity index (χ4n) is 2.44. The van der Waals surface area contributed by atoms with Crippen molar-refractivity contribution in [1.82, 2.24) is 0 Å². The normalized spacial score (nSPS) is 19.6. The number of rotatable bonds is 2. The van der Waals surface area contributed by atoms with Crippen LogP contribution in [0.4, 0.5) is 0 Å². The van der Waals surface area contributed by atoms with E-state index in [1.807, 2.05) is 6.07 Å².